The van der Waals surface area contributed by atoms with Crippen LogP contribution in [0.3, 0.4) is 0 Å². The quantitative estimate of drug-likeness (QED) is 0.313. The van der Waals surface area contributed by atoms with Crippen LogP contribution in [0.25, 0.3) is 23.1 Å². The number of para-hydroxylation sites is 2. The number of aromatic hydroxyl groups is 1. The molecule has 3 aromatic carbocycles. The molecule has 162 valence electrons. The van der Waals surface area contributed by atoms with Gasteiger partial charge < -0.3 is 9.52 Å². The van der Waals surface area contributed by atoms with Gasteiger partial charge in [0, 0.05) is 16.2 Å². The van der Waals surface area contributed by atoms with E-state index in [0.717, 1.165) is 5.56 Å². The van der Waals surface area contributed by atoms with Gasteiger partial charge in [0.05, 0.1) is 16.4 Å². The Morgan fingerprint density at radius 3 is 2.42 bits per heavy atom. The second-order valence-corrected chi connectivity index (χ2v) is 8.29. The number of carbonyl (C=O) groups excluding carboxylic acids is 1. The predicted molar refractivity (Wildman–Crippen MR) is 132 cm³/mol. The van der Waals surface area contributed by atoms with E-state index in [4.69, 9.17) is 27.6 Å². The molecule has 0 spiro atoms. The van der Waals surface area contributed by atoms with E-state index in [0.29, 0.717) is 44.1 Å². The lowest BCUT2D eigenvalue weighted by Crippen LogP contribution is -2.25. The van der Waals surface area contributed by atoms with E-state index in [1.165, 1.54) is 4.90 Å². The highest BCUT2D eigenvalue weighted by Gasteiger charge is 2.32. The Morgan fingerprint density at radius 1 is 0.879 bits per heavy atom. The fourth-order valence-corrected chi connectivity index (χ4v) is 4.13. The van der Waals surface area contributed by atoms with Crippen molar-refractivity contribution in [3.8, 4) is 17.1 Å². The van der Waals surface area contributed by atoms with Crippen LogP contribution in [0.15, 0.2) is 101 Å². The molecule has 0 aliphatic carbocycles. The van der Waals surface area contributed by atoms with Crippen molar-refractivity contribution < 1.29 is 14.3 Å². The zero-order valence-corrected chi connectivity index (χ0v) is 18.7. The lowest BCUT2D eigenvalue weighted by atomic mass is 10.1. The highest BCUT2D eigenvalue weighted by Crippen LogP contribution is 2.39. The van der Waals surface area contributed by atoms with Crippen LogP contribution in [-0.2, 0) is 4.79 Å². The number of hydrogen-bond donors (Lipinski definition) is 1. The van der Waals surface area contributed by atoms with Crippen molar-refractivity contribution in [2.24, 2.45) is 0 Å². The summed E-state index contributed by atoms with van der Waals surface area (Å²) < 4.78 is 5.95. The minimum absolute atomic E-state index is 0.0183. The van der Waals surface area contributed by atoms with Crippen LogP contribution < -0.4 is 4.90 Å². The van der Waals surface area contributed by atoms with Crippen molar-refractivity contribution >= 4 is 46.6 Å². The van der Waals surface area contributed by atoms with Crippen molar-refractivity contribution in [1.82, 2.24) is 0 Å². The third kappa shape index (κ3) is 4.07. The van der Waals surface area contributed by atoms with E-state index in [1.807, 2.05) is 30.3 Å². The summed E-state index contributed by atoms with van der Waals surface area (Å²) in [4.78, 5) is 14.9. The molecule has 1 N–H and O–H groups in total. The Morgan fingerprint density at radius 2 is 1.64 bits per heavy atom. The number of benzene rings is 3. The summed E-state index contributed by atoms with van der Waals surface area (Å²) in [6, 6.07) is 25.0. The fraction of sp³-hybridized carbons (Fsp3) is 0. The summed E-state index contributed by atoms with van der Waals surface area (Å²) in [5.41, 5.74) is 3.02. The van der Waals surface area contributed by atoms with E-state index < -0.39 is 0 Å². The Kier molecular flexibility index (Phi) is 5.55. The lowest BCUT2D eigenvalue weighted by Gasteiger charge is -2.21. The van der Waals surface area contributed by atoms with Gasteiger partial charge in [0.1, 0.15) is 17.3 Å². The van der Waals surface area contributed by atoms with Crippen molar-refractivity contribution in [3.63, 3.8) is 0 Å². The normalized spacial score (nSPS) is 14.7. The van der Waals surface area contributed by atoms with Gasteiger partial charge in [-0.05, 0) is 60.2 Å². The second-order valence-electron chi connectivity index (χ2n) is 7.45. The molecule has 0 fully saturated rings. The highest BCUT2D eigenvalue weighted by molar-refractivity contribution is 6.35. The van der Waals surface area contributed by atoms with E-state index in [9.17, 15) is 9.90 Å². The molecule has 2 heterocycles. The molecule has 1 aromatic heterocycles. The topological polar surface area (TPSA) is 53.7 Å². The molecule has 4 aromatic rings. The number of phenolic OH excluding ortho intramolecular Hbond substituents is 1. The first-order valence-corrected chi connectivity index (χ1v) is 10.9. The largest absolute Gasteiger partial charge is 0.506 e. The summed E-state index contributed by atoms with van der Waals surface area (Å²) in [7, 11) is 0. The Bertz CT molecular complexity index is 1420. The van der Waals surface area contributed by atoms with E-state index in [1.54, 1.807) is 66.7 Å². The van der Waals surface area contributed by atoms with E-state index >= 15 is 0 Å². The number of halogens is 2. The maximum absolute atomic E-state index is 13.4. The summed E-state index contributed by atoms with van der Waals surface area (Å²) in [6.45, 7) is 0. The molecule has 1 amide bonds. The van der Waals surface area contributed by atoms with Crippen molar-refractivity contribution in [1.29, 1.82) is 0 Å². The minimum atomic E-state index is -0.269. The molecule has 0 saturated carbocycles. The molecule has 5 rings (SSSR count). The van der Waals surface area contributed by atoms with Crippen LogP contribution >= 0.6 is 23.2 Å². The number of rotatable bonds is 4. The molecule has 0 unspecified atom stereocenters. The molecule has 4 nitrogen and oxygen atoms in total. The average molecular weight is 474 g/mol. The van der Waals surface area contributed by atoms with Gasteiger partial charge in [-0.1, -0.05) is 65.7 Å². The molecule has 0 atom stereocenters. The summed E-state index contributed by atoms with van der Waals surface area (Å²) in [6.07, 6.45) is 3.46. The van der Waals surface area contributed by atoms with Crippen LogP contribution in [0.5, 0.6) is 5.75 Å². The molecular weight excluding hydrogens is 457 g/mol. The van der Waals surface area contributed by atoms with Crippen molar-refractivity contribution in [3.05, 3.63) is 118 Å². The van der Waals surface area contributed by atoms with Crippen LogP contribution in [0.2, 0.25) is 10.0 Å². The number of furan rings is 1. The van der Waals surface area contributed by atoms with E-state index in [-0.39, 0.29) is 11.7 Å². The highest BCUT2D eigenvalue weighted by atomic mass is 35.5. The van der Waals surface area contributed by atoms with Gasteiger partial charge in [-0.25, -0.2) is 0 Å². The maximum Gasteiger partial charge on any atom is 0.263 e. The van der Waals surface area contributed by atoms with Crippen molar-refractivity contribution in [2.45, 2.75) is 0 Å². The molecule has 0 radical (unpaired) electrons. The number of hydrogen-bond acceptors (Lipinski definition) is 3. The van der Waals surface area contributed by atoms with Gasteiger partial charge >= 0.3 is 0 Å². The first-order valence-electron chi connectivity index (χ1n) is 10.2. The van der Waals surface area contributed by atoms with E-state index in [2.05, 4.69) is 0 Å². The summed E-state index contributed by atoms with van der Waals surface area (Å²) in [5.74, 6) is 0.788. The van der Waals surface area contributed by atoms with Gasteiger partial charge in [0.2, 0.25) is 0 Å². The van der Waals surface area contributed by atoms with Crippen LogP contribution in [-0.4, -0.2) is 11.0 Å². The van der Waals surface area contributed by atoms with Crippen molar-refractivity contribution in [2.75, 3.05) is 4.90 Å². The molecule has 6 heteroatoms. The molecule has 33 heavy (non-hydrogen) atoms. The molecule has 0 bridgehead atoms. The Hall–Kier alpha value is -3.73. The molecule has 1 aliphatic heterocycles. The second kappa shape index (κ2) is 8.66. The van der Waals surface area contributed by atoms with Crippen LogP contribution in [0.4, 0.5) is 5.69 Å². The van der Waals surface area contributed by atoms with Crippen LogP contribution in [0.1, 0.15) is 11.3 Å². The van der Waals surface area contributed by atoms with Gasteiger partial charge in [0.25, 0.3) is 5.91 Å². The summed E-state index contributed by atoms with van der Waals surface area (Å²) >= 11 is 12.4. The number of amides is 1. The average Bonchev–Trinajstić information content (AvgIpc) is 3.41. The predicted octanol–water partition coefficient (Wildman–Crippen LogP) is 7.43. The Labute approximate surface area is 200 Å². The smallest absolute Gasteiger partial charge is 0.263 e. The first kappa shape index (κ1) is 21.1. The van der Waals surface area contributed by atoms with Crippen LogP contribution in [0, 0.1) is 0 Å². The minimum Gasteiger partial charge on any atom is -0.506 e. The SMILES string of the molecule is O=C1/C(=C\c2ccc(-c3cc(Cl)ccc3Cl)o2)C=C(c2ccccc2)N1c1ccccc1O. The molecule has 0 saturated heterocycles. The van der Waals surface area contributed by atoms with Gasteiger partial charge in [0.15, 0.2) is 0 Å². The number of nitrogens with zero attached hydrogens (tertiary/aromatic N) is 1. The third-order valence-electron chi connectivity index (χ3n) is 5.29. The van der Waals surface area contributed by atoms with Gasteiger partial charge in [-0.2, -0.15) is 0 Å². The summed E-state index contributed by atoms with van der Waals surface area (Å²) in [5, 5.41) is 11.5. The first-order chi connectivity index (χ1) is 16.0. The number of carbonyl (C=O) groups is 1. The molecular formula is C27H17Cl2NO3. The standard InChI is InChI=1S/C27H17Cl2NO3/c28-19-10-12-22(29)21(16-19)26-13-11-20(33-26)14-18-15-24(17-6-2-1-3-7-17)30(27(18)32)23-8-4-5-9-25(23)31/h1-16,31H/b18-14-. The number of phenols is 1. The number of anilines is 1. The maximum atomic E-state index is 13.4. The zero-order chi connectivity index (χ0) is 22.9. The van der Waals surface area contributed by atoms with Gasteiger partial charge in [-0.3, -0.25) is 9.69 Å². The fourth-order valence-electron chi connectivity index (χ4n) is 3.74. The lowest BCUT2D eigenvalue weighted by molar-refractivity contribution is -0.113. The zero-order valence-electron chi connectivity index (χ0n) is 17.2. The van der Waals surface area contributed by atoms with Gasteiger partial charge in [-0.15, -0.1) is 0 Å². The Balaban J connectivity index is 1.57. The third-order valence-corrected chi connectivity index (χ3v) is 5.86. The monoisotopic (exact) mass is 473 g/mol. The molecule has 1 aliphatic rings.